The quantitative estimate of drug-likeness (QED) is 0.347. The number of nitro groups is 1. The molecule has 0 fully saturated rings. The average molecular weight is 432 g/mol. The highest BCUT2D eigenvalue weighted by atomic mass is 16.6. The summed E-state index contributed by atoms with van der Waals surface area (Å²) in [4.78, 5) is 38.0. The van der Waals surface area contributed by atoms with Crippen molar-refractivity contribution in [2.75, 3.05) is 12.0 Å². The number of rotatable bonds is 7. The molecule has 1 heterocycles. The van der Waals surface area contributed by atoms with Crippen molar-refractivity contribution >= 4 is 23.1 Å². The lowest BCUT2D eigenvalue weighted by atomic mass is 9.88. The molecule has 1 unspecified atom stereocenters. The molecule has 1 aliphatic rings. The molecule has 8 nitrogen and oxygen atoms in total. The van der Waals surface area contributed by atoms with Crippen LogP contribution in [0.1, 0.15) is 27.9 Å². The first-order valence-corrected chi connectivity index (χ1v) is 9.88. The van der Waals surface area contributed by atoms with E-state index in [4.69, 9.17) is 4.74 Å². The molecular weight excluding hydrogens is 412 g/mol. The van der Waals surface area contributed by atoms with Crippen LogP contribution in [-0.2, 0) is 16.9 Å². The standard InChI is InChI=1S/C24H20N2O6/c1-32-19-12-8-17(9-13-19)22(27)14-24(29)20-4-2-3-5-21(20)25(23(24)28)15-16-6-10-18(11-7-16)26(30)31/h2-13,29H,14-15H2,1H3. The second-order valence-electron chi connectivity index (χ2n) is 7.52. The molecule has 0 saturated heterocycles. The third-order valence-corrected chi connectivity index (χ3v) is 5.56. The molecule has 1 amide bonds. The van der Waals surface area contributed by atoms with E-state index in [0.717, 1.165) is 0 Å². The van der Waals surface area contributed by atoms with Crippen LogP contribution in [0.25, 0.3) is 0 Å². The number of non-ortho nitro benzene ring substituents is 1. The summed E-state index contributed by atoms with van der Waals surface area (Å²) >= 11 is 0. The van der Waals surface area contributed by atoms with Crippen molar-refractivity contribution in [3.63, 3.8) is 0 Å². The molecule has 0 aliphatic carbocycles. The Morgan fingerprint density at radius 2 is 1.72 bits per heavy atom. The topological polar surface area (TPSA) is 110 Å². The normalized spacial score (nSPS) is 17.2. The van der Waals surface area contributed by atoms with Gasteiger partial charge < -0.3 is 14.7 Å². The second kappa shape index (κ2) is 8.24. The Morgan fingerprint density at radius 3 is 2.34 bits per heavy atom. The minimum atomic E-state index is -2.01. The number of benzene rings is 3. The summed E-state index contributed by atoms with van der Waals surface area (Å²) in [5.41, 5.74) is -0.185. The van der Waals surface area contributed by atoms with Crippen LogP contribution in [0.3, 0.4) is 0 Å². The minimum absolute atomic E-state index is 0.0523. The van der Waals surface area contributed by atoms with Crippen LogP contribution in [0, 0.1) is 10.1 Å². The fourth-order valence-electron chi connectivity index (χ4n) is 3.85. The summed E-state index contributed by atoms with van der Waals surface area (Å²) in [5.74, 6) is -0.397. The highest BCUT2D eigenvalue weighted by Gasteiger charge is 2.50. The molecule has 1 N–H and O–H groups in total. The van der Waals surface area contributed by atoms with Gasteiger partial charge in [-0.2, -0.15) is 0 Å². The van der Waals surface area contributed by atoms with Crippen LogP contribution in [0.5, 0.6) is 5.75 Å². The number of anilines is 1. The monoisotopic (exact) mass is 432 g/mol. The molecule has 3 aromatic rings. The maximum Gasteiger partial charge on any atom is 0.269 e. The zero-order valence-electron chi connectivity index (χ0n) is 17.2. The number of ether oxygens (including phenoxy) is 1. The molecule has 0 radical (unpaired) electrons. The van der Waals surface area contributed by atoms with Crippen LogP contribution < -0.4 is 9.64 Å². The molecule has 8 heteroatoms. The van der Waals surface area contributed by atoms with Gasteiger partial charge in [0.15, 0.2) is 11.4 Å². The highest BCUT2D eigenvalue weighted by molar-refractivity contribution is 6.10. The van der Waals surface area contributed by atoms with Crippen molar-refractivity contribution < 1.29 is 24.4 Å². The van der Waals surface area contributed by atoms with Crippen LogP contribution >= 0.6 is 0 Å². The molecule has 0 bridgehead atoms. The molecule has 3 aromatic carbocycles. The lowest BCUT2D eigenvalue weighted by Gasteiger charge is -2.23. The van der Waals surface area contributed by atoms with Gasteiger partial charge in [-0.25, -0.2) is 0 Å². The van der Waals surface area contributed by atoms with Crippen LogP contribution in [0.15, 0.2) is 72.8 Å². The zero-order chi connectivity index (χ0) is 22.9. The van der Waals surface area contributed by atoms with Gasteiger partial charge >= 0.3 is 0 Å². The van der Waals surface area contributed by atoms with E-state index in [1.54, 1.807) is 60.7 Å². The van der Waals surface area contributed by atoms with Crippen molar-refractivity contribution in [3.05, 3.63) is 99.6 Å². The third-order valence-electron chi connectivity index (χ3n) is 5.56. The predicted molar refractivity (Wildman–Crippen MR) is 117 cm³/mol. The summed E-state index contributed by atoms with van der Waals surface area (Å²) < 4.78 is 5.10. The van der Waals surface area contributed by atoms with Crippen molar-refractivity contribution in [3.8, 4) is 5.75 Å². The van der Waals surface area contributed by atoms with Crippen molar-refractivity contribution in [1.29, 1.82) is 0 Å². The van der Waals surface area contributed by atoms with E-state index < -0.39 is 22.9 Å². The first kappa shape index (κ1) is 21.2. The number of Topliss-reactive ketones (excluding diaryl/α,β-unsaturated/α-hetero) is 1. The predicted octanol–water partition coefficient (Wildman–Crippen LogP) is 3.61. The van der Waals surface area contributed by atoms with Gasteiger partial charge in [-0.05, 0) is 35.9 Å². The van der Waals surface area contributed by atoms with E-state index >= 15 is 0 Å². The molecule has 162 valence electrons. The van der Waals surface area contributed by atoms with E-state index in [2.05, 4.69) is 0 Å². The smallest absolute Gasteiger partial charge is 0.269 e. The van der Waals surface area contributed by atoms with Gasteiger partial charge in [0, 0.05) is 23.3 Å². The van der Waals surface area contributed by atoms with Crippen LogP contribution in [-0.4, -0.2) is 28.8 Å². The molecular formula is C24H20N2O6. The number of carbonyl (C=O) groups is 2. The summed E-state index contributed by atoms with van der Waals surface area (Å²) in [5, 5.41) is 22.3. The molecule has 0 saturated carbocycles. The largest absolute Gasteiger partial charge is 0.497 e. The molecule has 1 atom stereocenters. The van der Waals surface area contributed by atoms with Crippen LogP contribution in [0.4, 0.5) is 11.4 Å². The SMILES string of the molecule is COc1ccc(C(=O)CC2(O)C(=O)N(Cc3ccc([N+](=O)[O-])cc3)c3ccccc32)cc1. The molecule has 1 aliphatic heterocycles. The molecule has 0 spiro atoms. The van der Waals surface area contributed by atoms with Crippen molar-refractivity contribution in [2.45, 2.75) is 18.6 Å². The fraction of sp³-hybridized carbons (Fsp3) is 0.167. The lowest BCUT2D eigenvalue weighted by molar-refractivity contribution is -0.384. The average Bonchev–Trinajstić information content (AvgIpc) is 3.01. The van der Waals surface area contributed by atoms with Gasteiger partial charge in [-0.1, -0.05) is 30.3 Å². The second-order valence-corrected chi connectivity index (χ2v) is 7.52. The summed E-state index contributed by atoms with van der Waals surface area (Å²) in [7, 11) is 1.52. The number of methoxy groups -OCH3 is 1. The van der Waals surface area contributed by atoms with Gasteiger partial charge in [-0.15, -0.1) is 0 Å². The fourth-order valence-corrected chi connectivity index (χ4v) is 3.85. The number of para-hydroxylation sites is 1. The molecule has 32 heavy (non-hydrogen) atoms. The number of hydrogen-bond donors (Lipinski definition) is 1. The number of nitrogens with zero attached hydrogens (tertiary/aromatic N) is 2. The van der Waals surface area contributed by atoms with Gasteiger partial charge in [0.05, 0.1) is 30.7 Å². The van der Waals surface area contributed by atoms with E-state index in [1.165, 1.54) is 24.1 Å². The number of ketones is 1. The first-order valence-electron chi connectivity index (χ1n) is 9.88. The maximum atomic E-state index is 13.3. The number of hydrogen-bond acceptors (Lipinski definition) is 6. The molecule has 4 rings (SSSR count). The Hall–Kier alpha value is -4.04. The van der Waals surface area contributed by atoms with Crippen LogP contribution in [0.2, 0.25) is 0 Å². The number of carbonyl (C=O) groups excluding carboxylic acids is 2. The van der Waals surface area contributed by atoms with E-state index in [9.17, 15) is 24.8 Å². The Kier molecular flexibility index (Phi) is 5.46. The zero-order valence-corrected chi connectivity index (χ0v) is 17.2. The van der Waals surface area contributed by atoms with Gasteiger partial charge in [0.25, 0.3) is 11.6 Å². The van der Waals surface area contributed by atoms with E-state index in [-0.39, 0.29) is 18.0 Å². The Morgan fingerprint density at radius 1 is 1.06 bits per heavy atom. The maximum absolute atomic E-state index is 13.3. The Balaban J connectivity index is 1.62. The molecule has 0 aromatic heterocycles. The number of aliphatic hydroxyl groups is 1. The highest BCUT2D eigenvalue weighted by Crippen LogP contribution is 2.43. The minimum Gasteiger partial charge on any atom is -0.497 e. The Labute approximate surface area is 183 Å². The summed E-state index contributed by atoms with van der Waals surface area (Å²) in [6.45, 7) is 0.104. The Bertz CT molecular complexity index is 1190. The van der Waals surface area contributed by atoms with E-state index in [0.29, 0.717) is 28.1 Å². The van der Waals surface area contributed by atoms with Crippen molar-refractivity contribution in [2.24, 2.45) is 0 Å². The summed E-state index contributed by atoms with van der Waals surface area (Å²) in [6, 6.07) is 19.1. The van der Waals surface area contributed by atoms with Gasteiger partial charge in [0.2, 0.25) is 0 Å². The van der Waals surface area contributed by atoms with E-state index in [1.807, 2.05) is 0 Å². The number of nitro benzene ring substituents is 1. The van der Waals surface area contributed by atoms with Crippen molar-refractivity contribution in [1.82, 2.24) is 0 Å². The first-order chi connectivity index (χ1) is 15.3. The van der Waals surface area contributed by atoms with Gasteiger partial charge in [0.1, 0.15) is 5.75 Å². The lowest BCUT2D eigenvalue weighted by Crippen LogP contribution is -2.41. The number of amides is 1. The summed E-state index contributed by atoms with van der Waals surface area (Å²) in [6.07, 6.45) is -0.411. The van der Waals surface area contributed by atoms with Gasteiger partial charge in [-0.3, -0.25) is 19.7 Å². The number of fused-ring (bicyclic) bond motifs is 1. The third kappa shape index (κ3) is 3.72.